The maximum atomic E-state index is 12.5. The summed E-state index contributed by atoms with van der Waals surface area (Å²) >= 11 is 1.74. The van der Waals surface area contributed by atoms with Gasteiger partial charge in [0.05, 0.1) is 6.54 Å². The van der Waals surface area contributed by atoms with E-state index in [1.54, 1.807) is 11.8 Å². The summed E-state index contributed by atoms with van der Waals surface area (Å²) in [4.78, 5) is 12.5. The SMILES string of the molecule is Cc1ccc(CNC(=O)[C@H]2SCCc3ccccc32)n1C. The second-order valence-electron chi connectivity index (χ2n) is 5.44. The Morgan fingerprint density at radius 1 is 1.33 bits per heavy atom. The van der Waals surface area contributed by atoms with E-state index in [0.29, 0.717) is 6.54 Å². The van der Waals surface area contributed by atoms with Gasteiger partial charge in [-0.25, -0.2) is 0 Å². The lowest BCUT2D eigenvalue weighted by Crippen LogP contribution is -2.30. The zero-order valence-electron chi connectivity index (χ0n) is 12.4. The van der Waals surface area contributed by atoms with Gasteiger partial charge in [-0.2, -0.15) is 0 Å². The molecule has 2 aromatic rings. The summed E-state index contributed by atoms with van der Waals surface area (Å²) in [5, 5.41) is 3.01. The largest absolute Gasteiger partial charge is 0.350 e. The van der Waals surface area contributed by atoms with Crippen LogP contribution in [0.4, 0.5) is 0 Å². The first kappa shape index (κ1) is 14.3. The number of rotatable bonds is 3. The fourth-order valence-corrected chi connectivity index (χ4v) is 3.94. The topological polar surface area (TPSA) is 34.0 Å². The predicted molar refractivity (Wildman–Crippen MR) is 87.3 cm³/mol. The zero-order chi connectivity index (χ0) is 14.8. The van der Waals surface area contributed by atoms with Crippen LogP contribution in [-0.4, -0.2) is 16.2 Å². The van der Waals surface area contributed by atoms with Crippen molar-refractivity contribution in [2.45, 2.75) is 25.1 Å². The molecule has 0 saturated carbocycles. The molecule has 0 unspecified atom stereocenters. The standard InChI is InChI=1S/C17H20N2OS/c1-12-7-8-14(19(12)2)11-18-17(20)16-15-6-4-3-5-13(15)9-10-21-16/h3-8,16H,9-11H2,1-2H3,(H,18,20)/t16-/m0/s1. The minimum Gasteiger partial charge on any atom is -0.350 e. The van der Waals surface area contributed by atoms with Gasteiger partial charge in [-0.15, -0.1) is 11.8 Å². The van der Waals surface area contributed by atoms with Gasteiger partial charge in [0.2, 0.25) is 5.91 Å². The van der Waals surface area contributed by atoms with Crippen LogP contribution < -0.4 is 5.32 Å². The third-order valence-electron chi connectivity index (χ3n) is 4.15. The first-order valence-electron chi connectivity index (χ1n) is 7.25. The lowest BCUT2D eigenvalue weighted by molar-refractivity contribution is -0.120. The van der Waals surface area contributed by atoms with Gasteiger partial charge in [-0.3, -0.25) is 4.79 Å². The maximum Gasteiger partial charge on any atom is 0.237 e. The van der Waals surface area contributed by atoms with E-state index in [0.717, 1.165) is 17.9 Å². The normalized spacial score (nSPS) is 17.3. The maximum absolute atomic E-state index is 12.5. The minimum absolute atomic E-state index is 0.0729. The molecule has 1 aliphatic heterocycles. The number of nitrogens with one attached hydrogen (secondary N) is 1. The van der Waals surface area contributed by atoms with Crippen molar-refractivity contribution in [1.82, 2.24) is 9.88 Å². The monoisotopic (exact) mass is 300 g/mol. The third kappa shape index (κ3) is 2.86. The van der Waals surface area contributed by atoms with Crippen LogP contribution >= 0.6 is 11.8 Å². The number of aryl methyl sites for hydroxylation is 2. The number of nitrogens with zero attached hydrogens (tertiary/aromatic N) is 1. The molecule has 1 N–H and O–H groups in total. The van der Waals surface area contributed by atoms with Gasteiger partial charge in [-0.05, 0) is 42.4 Å². The summed E-state index contributed by atoms with van der Waals surface area (Å²) in [6.45, 7) is 2.65. The number of carbonyl (C=O) groups excluding carboxylic acids is 1. The molecule has 0 spiro atoms. The van der Waals surface area contributed by atoms with Crippen molar-refractivity contribution < 1.29 is 4.79 Å². The fourth-order valence-electron chi connectivity index (χ4n) is 2.73. The van der Waals surface area contributed by atoms with Crippen molar-refractivity contribution >= 4 is 17.7 Å². The molecule has 4 heteroatoms. The molecular weight excluding hydrogens is 280 g/mol. The molecule has 1 aromatic heterocycles. The average molecular weight is 300 g/mol. The first-order chi connectivity index (χ1) is 10.2. The van der Waals surface area contributed by atoms with Crippen molar-refractivity contribution in [1.29, 1.82) is 0 Å². The van der Waals surface area contributed by atoms with Crippen LogP contribution in [0.5, 0.6) is 0 Å². The van der Waals surface area contributed by atoms with Crippen molar-refractivity contribution in [3.05, 3.63) is 58.9 Å². The molecule has 1 aliphatic rings. The van der Waals surface area contributed by atoms with Crippen LogP contribution in [0.2, 0.25) is 0 Å². The average Bonchev–Trinajstić information content (AvgIpc) is 2.84. The van der Waals surface area contributed by atoms with Gasteiger partial charge in [0.15, 0.2) is 0 Å². The zero-order valence-corrected chi connectivity index (χ0v) is 13.2. The Balaban J connectivity index is 1.71. The van der Waals surface area contributed by atoms with E-state index in [2.05, 4.69) is 47.1 Å². The van der Waals surface area contributed by atoms with Crippen LogP contribution in [0.15, 0.2) is 36.4 Å². The first-order valence-corrected chi connectivity index (χ1v) is 8.30. The van der Waals surface area contributed by atoms with E-state index in [4.69, 9.17) is 0 Å². The molecule has 1 atom stereocenters. The number of fused-ring (bicyclic) bond motifs is 1. The van der Waals surface area contributed by atoms with E-state index in [1.165, 1.54) is 16.8 Å². The Bertz CT molecular complexity index is 663. The van der Waals surface area contributed by atoms with Crippen LogP contribution in [0.1, 0.15) is 27.8 Å². The molecule has 0 saturated heterocycles. The van der Waals surface area contributed by atoms with Gasteiger partial charge >= 0.3 is 0 Å². The minimum atomic E-state index is -0.0729. The quantitative estimate of drug-likeness (QED) is 0.945. The smallest absolute Gasteiger partial charge is 0.237 e. The van der Waals surface area contributed by atoms with E-state index in [1.807, 2.05) is 13.1 Å². The third-order valence-corrected chi connectivity index (χ3v) is 5.39. The van der Waals surface area contributed by atoms with Gasteiger partial charge in [0, 0.05) is 18.4 Å². The summed E-state index contributed by atoms with van der Waals surface area (Å²) in [5.41, 5.74) is 4.83. The number of carbonyl (C=O) groups is 1. The lowest BCUT2D eigenvalue weighted by Gasteiger charge is -2.24. The summed E-state index contributed by atoms with van der Waals surface area (Å²) in [5.74, 6) is 1.13. The van der Waals surface area contributed by atoms with Crippen molar-refractivity contribution in [3.63, 3.8) is 0 Å². The summed E-state index contributed by atoms with van der Waals surface area (Å²) in [6.07, 6.45) is 1.06. The predicted octanol–water partition coefficient (Wildman–Crippen LogP) is 2.98. The van der Waals surface area contributed by atoms with Crippen LogP contribution in [0.3, 0.4) is 0 Å². The molecule has 1 aromatic carbocycles. The highest BCUT2D eigenvalue weighted by Crippen LogP contribution is 2.36. The molecule has 2 heterocycles. The van der Waals surface area contributed by atoms with Crippen molar-refractivity contribution in [2.75, 3.05) is 5.75 Å². The molecule has 0 radical (unpaired) electrons. The van der Waals surface area contributed by atoms with Crippen molar-refractivity contribution in [2.24, 2.45) is 7.05 Å². The number of hydrogen-bond acceptors (Lipinski definition) is 2. The number of thioether (sulfide) groups is 1. The second-order valence-corrected chi connectivity index (χ2v) is 6.66. The molecule has 0 fully saturated rings. The highest BCUT2D eigenvalue weighted by Gasteiger charge is 2.26. The lowest BCUT2D eigenvalue weighted by atomic mass is 10.0. The van der Waals surface area contributed by atoms with E-state index < -0.39 is 0 Å². The van der Waals surface area contributed by atoms with Crippen LogP contribution in [0, 0.1) is 6.92 Å². The molecule has 3 nitrogen and oxygen atoms in total. The van der Waals surface area contributed by atoms with Gasteiger partial charge in [-0.1, -0.05) is 24.3 Å². The highest BCUT2D eigenvalue weighted by molar-refractivity contribution is 8.00. The van der Waals surface area contributed by atoms with E-state index >= 15 is 0 Å². The number of hydrogen-bond donors (Lipinski definition) is 1. The van der Waals surface area contributed by atoms with E-state index in [-0.39, 0.29) is 11.2 Å². The molecule has 0 aliphatic carbocycles. The Labute approximate surface area is 129 Å². The van der Waals surface area contributed by atoms with Gasteiger partial charge in [0.25, 0.3) is 0 Å². The van der Waals surface area contributed by atoms with E-state index in [9.17, 15) is 4.79 Å². The van der Waals surface area contributed by atoms with Crippen molar-refractivity contribution in [3.8, 4) is 0 Å². The van der Waals surface area contributed by atoms with Crippen LogP contribution in [-0.2, 0) is 24.8 Å². The number of aromatic nitrogens is 1. The van der Waals surface area contributed by atoms with Gasteiger partial charge in [0.1, 0.15) is 5.25 Å². The number of benzene rings is 1. The fraction of sp³-hybridized carbons (Fsp3) is 0.353. The molecule has 21 heavy (non-hydrogen) atoms. The molecule has 0 bridgehead atoms. The van der Waals surface area contributed by atoms with Gasteiger partial charge < -0.3 is 9.88 Å². The molecule has 1 amide bonds. The highest BCUT2D eigenvalue weighted by atomic mass is 32.2. The Morgan fingerprint density at radius 2 is 2.14 bits per heavy atom. The summed E-state index contributed by atoms with van der Waals surface area (Å²) in [7, 11) is 2.03. The second kappa shape index (κ2) is 5.98. The Morgan fingerprint density at radius 3 is 2.90 bits per heavy atom. The summed E-state index contributed by atoms with van der Waals surface area (Å²) in [6, 6.07) is 12.4. The number of amides is 1. The molecule has 3 rings (SSSR count). The summed E-state index contributed by atoms with van der Waals surface area (Å²) < 4.78 is 2.11. The molecule has 110 valence electrons. The Hall–Kier alpha value is -1.68. The van der Waals surface area contributed by atoms with Crippen LogP contribution in [0.25, 0.3) is 0 Å². The molecular formula is C17H20N2OS. The Kier molecular flexibility index (Phi) is 4.06.